The number of benzene rings is 2. The molecule has 0 radical (unpaired) electrons. The fourth-order valence-electron chi connectivity index (χ4n) is 2.28. The molecule has 1 N–H and O–H groups in total. The summed E-state index contributed by atoms with van der Waals surface area (Å²) in [6.45, 7) is 0. The Bertz CT molecular complexity index is 811. The van der Waals surface area contributed by atoms with E-state index in [1.807, 2.05) is 18.2 Å². The SMILES string of the molecule is CN(C)S(=O)(=O)c1ccc2c3c(cccc13)C(=S)N2. The van der Waals surface area contributed by atoms with Gasteiger partial charge in [0, 0.05) is 36.1 Å². The molecule has 0 spiro atoms. The minimum absolute atomic E-state index is 0.310. The second-order valence-electron chi connectivity index (χ2n) is 4.58. The van der Waals surface area contributed by atoms with Crippen LogP contribution >= 0.6 is 12.2 Å². The Morgan fingerprint density at radius 2 is 1.89 bits per heavy atom. The standard InChI is InChI=1S/C13H12N2O2S2/c1-15(2)19(16,17)11-7-6-10-12-8(11)4-3-5-9(12)13(18)14-10/h3-7H,1-2H3,(H,14,18). The zero-order chi connectivity index (χ0) is 13.8. The summed E-state index contributed by atoms with van der Waals surface area (Å²) in [5, 5.41) is 4.69. The molecule has 0 atom stereocenters. The van der Waals surface area contributed by atoms with E-state index < -0.39 is 10.0 Å². The fourth-order valence-corrected chi connectivity index (χ4v) is 3.65. The van der Waals surface area contributed by atoms with Gasteiger partial charge < -0.3 is 5.32 Å². The highest BCUT2D eigenvalue weighted by Gasteiger charge is 2.25. The lowest BCUT2D eigenvalue weighted by molar-refractivity contribution is 0.521. The number of nitrogens with zero attached hydrogens (tertiary/aromatic N) is 1. The van der Waals surface area contributed by atoms with E-state index in [1.165, 1.54) is 18.4 Å². The van der Waals surface area contributed by atoms with Crippen LogP contribution in [0, 0.1) is 0 Å². The average molecular weight is 292 g/mol. The van der Waals surface area contributed by atoms with Crippen LogP contribution in [0.1, 0.15) is 5.56 Å². The van der Waals surface area contributed by atoms with Crippen LogP contribution in [0.2, 0.25) is 0 Å². The molecule has 3 rings (SSSR count). The number of nitrogens with one attached hydrogen (secondary N) is 1. The summed E-state index contributed by atoms with van der Waals surface area (Å²) in [5.41, 5.74) is 1.76. The molecule has 1 aliphatic heterocycles. The van der Waals surface area contributed by atoms with E-state index in [0.29, 0.717) is 15.3 Å². The zero-order valence-electron chi connectivity index (χ0n) is 10.5. The smallest absolute Gasteiger partial charge is 0.243 e. The van der Waals surface area contributed by atoms with Gasteiger partial charge >= 0.3 is 0 Å². The van der Waals surface area contributed by atoms with Crippen molar-refractivity contribution < 1.29 is 8.42 Å². The van der Waals surface area contributed by atoms with Crippen molar-refractivity contribution >= 4 is 43.7 Å². The molecule has 0 saturated heterocycles. The van der Waals surface area contributed by atoms with E-state index in [1.54, 1.807) is 12.1 Å². The van der Waals surface area contributed by atoms with Gasteiger partial charge in [-0.1, -0.05) is 30.4 Å². The Morgan fingerprint density at radius 1 is 1.16 bits per heavy atom. The van der Waals surface area contributed by atoms with Gasteiger partial charge in [-0.05, 0) is 12.1 Å². The van der Waals surface area contributed by atoms with Crippen LogP contribution in [0.4, 0.5) is 5.69 Å². The van der Waals surface area contributed by atoms with E-state index in [9.17, 15) is 8.42 Å². The van der Waals surface area contributed by atoms with Crippen LogP contribution in [0.3, 0.4) is 0 Å². The van der Waals surface area contributed by atoms with E-state index in [4.69, 9.17) is 12.2 Å². The lowest BCUT2D eigenvalue weighted by atomic mass is 10.1. The first-order chi connectivity index (χ1) is 8.93. The second-order valence-corrected chi connectivity index (χ2v) is 7.11. The summed E-state index contributed by atoms with van der Waals surface area (Å²) in [6.07, 6.45) is 0. The predicted molar refractivity (Wildman–Crippen MR) is 80.1 cm³/mol. The van der Waals surface area contributed by atoms with E-state index >= 15 is 0 Å². The van der Waals surface area contributed by atoms with Crippen LogP contribution < -0.4 is 5.32 Å². The first kappa shape index (κ1) is 12.5. The molecule has 6 heteroatoms. The van der Waals surface area contributed by atoms with Crippen molar-refractivity contribution in [1.29, 1.82) is 0 Å². The summed E-state index contributed by atoms with van der Waals surface area (Å²) in [5.74, 6) is 0. The molecule has 19 heavy (non-hydrogen) atoms. The van der Waals surface area contributed by atoms with E-state index in [0.717, 1.165) is 16.6 Å². The highest BCUT2D eigenvalue weighted by molar-refractivity contribution is 7.89. The highest BCUT2D eigenvalue weighted by atomic mass is 32.2. The molecule has 0 aliphatic carbocycles. The molecular weight excluding hydrogens is 280 g/mol. The molecule has 98 valence electrons. The van der Waals surface area contributed by atoms with Gasteiger partial charge in [0.15, 0.2) is 0 Å². The van der Waals surface area contributed by atoms with Crippen LogP contribution in [0.15, 0.2) is 35.2 Å². The Morgan fingerprint density at radius 3 is 2.58 bits per heavy atom. The van der Waals surface area contributed by atoms with Gasteiger partial charge in [-0.25, -0.2) is 12.7 Å². The normalized spacial score (nSPS) is 14.2. The lowest BCUT2D eigenvalue weighted by Gasteiger charge is -2.14. The Kier molecular flexibility index (Phi) is 2.63. The Labute approximate surface area is 117 Å². The van der Waals surface area contributed by atoms with Crippen molar-refractivity contribution in [2.45, 2.75) is 4.90 Å². The van der Waals surface area contributed by atoms with Gasteiger partial charge in [-0.15, -0.1) is 0 Å². The highest BCUT2D eigenvalue weighted by Crippen LogP contribution is 2.37. The first-order valence-corrected chi connectivity index (χ1v) is 7.57. The van der Waals surface area contributed by atoms with Crippen LogP contribution in [-0.4, -0.2) is 31.8 Å². The molecule has 0 unspecified atom stereocenters. The maximum absolute atomic E-state index is 12.3. The summed E-state index contributed by atoms with van der Waals surface area (Å²) < 4.78 is 25.9. The fraction of sp³-hybridized carbons (Fsp3) is 0.154. The van der Waals surface area contributed by atoms with Crippen LogP contribution in [-0.2, 0) is 10.0 Å². The van der Waals surface area contributed by atoms with Crippen molar-refractivity contribution in [2.75, 3.05) is 19.4 Å². The molecule has 2 aromatic rings. The quantitative estimate of drug-likeness (QED) is 0.862. The van der Waals surface area contributed by atoms with Crippen LogP contribution in [0.25, 0.3) is 10.8 Å². The van der Waals surface area contributed by atoms with Crippen molar-refractivity contribution in [3.63, 3.8) is 0 Å². The maximum Gasteiger partial charge on any atom is 0.243 e. The molecule has 0 saturated carbocycles. The topological polar surface area (TPSA) is 49.4 Å². The number of hydrogen-bond acceptors (Lipinski definition) is 3. The number of hydrogen-bond donors (Lipinski definition) is 1. The molecule has 1 heterocycles. The Hall–Kier alpha value is -1.50. The van der Waals surface area contributed by atoms with E-state index in [2.05, 4.69) is 5.32 Å². The third-order valence-electron chi connectivity index (χ3n) is 3.25. The van der Waals surface area contributed by atoms with Crippen molar-refractivity contribution in [1.82, 2.24) is 4.31 Å². The van der Waals surface area contributed by atoms with Gasteiger partial charge in [-0.2, -0.15) is 0 Å². The molecule has 0 fully saturated rings. The average Bonchev–Trinajstić information content (AvgIpc) is 2.68. The zero-order valence-corrected chi connectivity index (χ0v) is 12.1. The van der Waals surface area contributed by atoms with Crippen molar-refractivity contribution in [3.8, 4) is 0 Å². The van der Waals surface area contributed by atoms with Gasteiger partial charge in [-0.3, -0.25) is 0 Å². The molecule has 0 bridgehead atoms. The maximum atomic E-state index is 12.3. The van der Waals surface area contributed by atoms with Gasteiger partial charge in [0.1, 0.15) is 4.99 Å². The van der Waals surface area contributed by atoms with Crippen molar-refractivity contribution in [2.24, 2.45) is 0 Å². The molecule has 4 nitrogen and oxygen atoms in total. The summed E-state index contributed by atoms with van der Waals surface area (Å²) in [6, 6.07) is 8.93. The lowest BCUT2D eigenvalue weighted by Crippen LogP contribution is -2.22. The monoisotopic (exact) mass is 292 g/mol. The second kappa shape index (κ2) is 4.00. The molecule has 1 aliphatic rings. The largest absolute Gasteiger partial charge is 0.346 e. The number of sulfonamides is 1. The molecule has 0 aromatic heterocycles. The van der Waals surface area contributed by atoms with Crippen LogP contribution in [0.5, 0.6) is 0 Å². The third-order valence-corrected chi connectivity index (χ3v) is 5.45. The minimum Gasteiger partial charge on any atom is -0.346 e. The van der Waals surface area contributed by atoms with E-state index in [-0.39, 0.29) is 0 Å². The summed E-state index contributed by atoms with van der Waals surface area (Å²) >= 11 is 5.25. The molecule has 0 amide bonds. The van der Waals surface area contributed by atoms with Crippen molar-refractivity contribution in [3.05, 3.63) is 35.9 Å². The summed E-state index contributed by atoms with van der Waals surface area (Å²) in [7, 11) is -0.406. The number of thiocarbonyl (C=S) groups is 1. The first-order valence-electron chi connectivity index (χ1n) is 5.72. The number of anilines is 1. The number of rotatable bonds is 2. The predicted octanol–water partition coefficient (Wildman–Crippen LogP) is 2.19. The molecular formula is C13H12N2O2S2. The molecule has 2 aromatic carbocycles. The van der Waals surface area contributed by atoms with Gasteiger partial charge in [0.05, 0.1) is 4.90 Å². The Balaban J connectivity index is 2.44. The summed E-state index contributed by atoms with van der Waals surface area (Å²) in [4.78, 5) is 0.949. The minimum atomic E-state index is -3.46. The van der Waals surface area contributed by atoms with Gasteiger partial charge in [0.2, 0.25) is 10.0 Å². The third kappa shape index (κ3) is 1.68. The van der Waals surface area contributed by atoms with Gasteiger partial charge in [0.25, 0.3) is 0 Å².